The van der Waals surface area contributed by atoms with E-state index in [1.165, 1.54) is 0 Å². The summed E-state index contributed by atoms with van der Waals surface area (Å²) in [7, 11) is 0. The fourth-order valence-corrected chi connectivity index (χ4v) is 3.52. The molecule has 0 fully saturated rings. The van der Waals surface area contributed by atoms with Crippen LogP contribution in [0.4, 0.5) is 5.69 Å². The minimum Gasteiger partial charge on any atom is -0.451 e. The molecule has 0 spiro atoms. The molecule has 0 radical (unpaired) electrons. The largest absolute Gasteiger partial charge is 0.451 e. The number of hydrogen-bond donors (Lipinski definition) is 1. The van der Waals surface area contributed by atoms with E-state index >= 15 is 0 Å². The van der Waals surface area contributed by atoms with Gasteiger partial charge in [0.25, 0.3) is 0 Å². The van der Waals surface area contributed by atoms with Crippen molar-refractivity contribution >= 4 is 35.1 Å². The van der Waals surface area contributed by atoms with Crippen LogP contribution in [0.15, 0.2) is 47.4 Å². The number of thioether (sulfide) groups is 1. The van der Waals surface area contributed by atoms with Crippen molar-refractivity contribution in [2.24, 2.45) is 0 Å². The van der Waals surface area contributed by atoms with Crippen LogP contribution in [-0.4, -0.2) is 29.5 Å². The Labute approximate surface area is 156 Å². The highest BCUT2D eigenvalue weighted by Gasteiger charge is 2.22. The van der Waals surface area contributed by atoms with Crippen molar-refractivity contribution in [2.75, 3.05) is 11.1 Å². The molecule has 26 heavy (non-hydrogen) atoms. The van der Waals surface area contributed by atoms with Crippen LogP contribution in [0.2, 0.25) is 0 Å². The number of benzene rings is 2. The summed E-state index contributed by atoms with van der Waals surface area (Å²) in [6, 6.07) is 12.2. The lowest BCUT2D eigenvalue weighted by atomic mass is 10.1. The summed E-state index contributed by atoms with van der Waals surface area (Å²) in [6.07, 6.45) is -0.464. The number of aryl methyl sites for hydroxylation is 1. The molecule has 5 nitrogen and oxygen atoms in total. The van der Waals surface area contributed by atoms with Crippen LogP contribution in [0.1, 0.15) is 39.6 Å². The first-order chi connectivity index (χ1) is 12.4. The molecular formula is C20H19NO4S. The van der Waals surface area contributed by atoms with Crippen LogP contribution in [-0.2, 0) is 9.53 Å². The lowest BCUT2D eigenvalue weighted by Gasteiger charge is -2.14. The number of fused-ring (bicyclic) bond motifs is 1. The number of ether oxygens (including phenoxy) is 1. The molecule has 1 heterocycles. The number of anilines is 1. The summed E-state index contributed by atoms with van der Waals surface area (Å²) in [5.41, 5.74) is 2.46. The van der Waals surface area contributed by atoms with E-state index in [4.69, 9.17) is 4.74 Å². The number of nitrogens with one attached hydrogen (secondary N) is 1. The minimum absolute atomic E-state index is 0.0790. The highest BCUT2D eigenvalue weighted by Crippen LogP contribution is 2.31. The van der Waals surface area contributed by atoms with Gasteiger partial charge in [0.15, 0.2) is 6.10 Å². The first-order valence-corrected chi connectivity index (χ1v) is 9.31. The van der Waals surface area contributed by atoms with Crippen molar-refractivity contribution in [3.8, 4) is 0 Å². The van der Waals surface area contributed by atoms with Crippen LogP contribution in [0, 0.1) is 6.92 Å². The van der Waals surface area contributed by atoms with Gasteiger partial charge in [0, 0.05) is 22.6 Å². The molecule has 2 aromatic carbocycles. The van der Waals surface area contributed by atoms with E-state index in [-0.39, 0.29) is 11.7 Å². The van der Waals surface area contributed by atoms with E-state index in [0.717, 1.165) is 10.5 Å². The molecule has 0 bridgehead atoms. The van der Waals surface area contributed by atoms with Crippen molar-refractivity contribution in [1.82, 2.24) is 0 Å². The van der Waals surface area contributed by atoms with Gasteiger partial charge >= 0.3 is 5.97 Å². The van der Waals surface area contributed by atoms with E-state index in [1.54, 1.807) is 49.0 Å². The van der Waals surface area contributed by atoms with Gasteiger partial charge in [-0.25, -0.2) is 4.79 Å². The van der Waals surface area contributed by atoms with Crippen molar-refractivity contribution in [3.05, 3.63) is 59.2 Å². The lowest BCUT2D eigenvalue weighted by molar-refractivity contribution is -0.115. The average Bonchev–Trinajstić information content (AvgIpc) is 2.81. The average molecular weight is 369 g/mol. The number of carbonyl (C=O) groups is 3. The molecule has 0 unspecified atom stereocenters. The summed E-state index contributed by atoms with van der Waals surface area (Å²) in [6.45, 7) is 3.49. The van der Waals surface area contributed by atoms with Crippen molar-refractivity contribution in [3.63, 3.8) is 0 Å². The lowest BCUT2D eigenvalue weighted by Crippen LogP contribution is -2.24. The van der Waals surface area contributed by atoms with Gasteiger partial charge in [-0.2, -0.15) is 0 Å². The van der Waals surface area contributed by atoms with E-state index < -0.39 is 12.1 Å². The van der Waals surface area contributed by atoms with Crippen LogP contribution in [0.25, 0.3) is 0 Å². The number of esters is 1. The molecule has 1 atom stereocenters. The number of ketones is 1. The predicted octanol–water partition coefficient (Wildman–Crippen LogP) is 3.86. The van der Waals surface area contributed by atoms with Gasteiger partial charge in [0.2, 0.25) is 11.7 Å². The number of Topliss-reactive ketones (excluding diaryl/α,β-unsaturated/α-hetero) is 1. The Morgan fingerprint density at radius 1 is 1.12 bits per heavy atom. The third kappa shape index (κ3) is 4.14. The van der Waals surface area contributed by atoms with Crippen LogP contribution in [0.5, 0.6) is 0 Å². The van der Waals surface area contributed by atoms with Gasteiger partial charge in [-0.1, -0.05) is 29.8 Å². The quantitative estimate of drug-likeness (QED) is 0.654. The topological polar surface area (TPSA) is 72.5 Å². The van der Waals surface area contributed by atoms with Crippen LogP contribution in [0.3, 0.4) is 0 Å². The molecule has 1 aliphatic rings. The van der Waals surface area contributed by atoms with Crippen LogP contribution >= 0.6 is 11.8 Å². The Morgan fingerprint density at radius 2 is 1.81 bits per heavy atom. The standard InChI is InChI=1S/C20H19NO4S/c1-12-3-5-14(6-4-12)19(23)13(2)25-20(24)15-7-8-17-16(11-15)21-18(22)9-10-26-17/h3-8,11,13H,9-10H2,1-2H3,(H,21,22)/t13-/m0/s1. The third-order valence-corrected chi connectivity index (χ3v) is 5.14. The zero-order valence-electron chi connectivity index (χ0n) is 14.6. The number of hydrogen-bond acceptors (Lipinski definition) is 5. The summed E-state index contributed by atoms with van der Waals surface area (Å²) in [5.74, 6) is -0.226. The van der Waals surface area contributed by atoms with E-state index in [9.17, 15) is 14.4 Å². The van der Waals surface area contributed by atoms with E-state index in [1.807, 2.05) is 19.1 Å². The zero-order valence-corrected chi connectivity index (χ0v) is 15.4. The molecule has 2 aromatic rings. The Kier molecular flexibility index (Phi) is 5.42. The monoisotopic (exact) mass is 369 g/mol. The molecule has 0 aromatic heterocycles. The first-order valence-electron chi connectivity index (χ1n) is 8.32. The normalized spacial score (nSPS) is 14.6. The van der Waals surface area contributed by atoms with Gasteiger partial charge in [-0.3, -0.25) is 9.59 Å². The molecule has 0 saturated carbocycles. The molecule has 1 N–H and O–H groups in total. The summed E-state index contributed by atoms with van der Waals surface area (Å²) >= 11 is 1.56. The van der Waals surface area contributed by atoms with Crippen molar-refractivity contribution in [1.29, 1.82) is 0 Å². The van der Waals surface area contributed by atoms with E-state index in [0.29, 0.717) is 29.0 Å². The smallest absolute Gasteiger partial charge is 0.338 e. The van der Waals surface area contributed by atoms with Gasteiger partial charge in [0.05, 0.1) is 11.3 Å². The molecule has 1 amide bonds. The Balaban J connectivity index is 1.72. The highest BCUT2D eigenvalue weighted by molar-refractivity contribution is 7.99. The molecule has 1 aliphatic heterocycles. The first kappa shape index (κ1) is 18.2. The number of amides is 1. The molecule has 6 heteroatoms. The second kappa shape index (κ2) is 7.74. The Hall–Kier alpha value is -2.60. The fourth-order valence-electron chi connectivity index (χ4n) is 2.58. The molecule has 0 aliphatic carbocycles. The van der Waals surface area contributed by atoms with Gasteiger partial charge in [-0.15, -0.1) is 11.8 Å². The van der Waals surface area contributed by atoms with E-state index in [2.05, 4.69) is 5.32 Å². The maximum atomic E-state index is 12.4. The predicted molar refractivity (Wildman–Crippen MR) is 101 cm³/mol. The molecule has 0 saturated heterocycles. The van der Waals surface area contributed by atoms with Crippen molar-refractivity contribution < 1.29 is 19.1 Å². The summed E-state index contributed by atoms with van der Waals surface area (Å²) in [5, 5.41) is 2.79. The summed E-state index contributed by atoms with van der Waals surface area (Å²) in [4.78, 5) is 37.4. The molecule has 134 valence electrons. The highest BCUT2D eigenvalue weighted by atomic mass is 32.2. The molecule has 3 rings (SSSR count). The van der Waals surface area contributed by atoms with Gasteiger partial charge < -0.3 is 10.1 Å². The van der Waals surface area contributed by atoms with Crippen LogP contribution < -0.4 is 5.32 Å². The number of rotatable bonds is 4. The Bertz CT molecular complexity index is 861. The second-order valence-corrected chi connectivity index (χ2v) is 7.27. The number of carbonyl (C=O) groups excluding carboxylic acids is 3. The van der Waals surface area contributed by atoms with Gasteiger partial charge in [0.1, 0.15) is 0 Å². The fraction of sp³-hybridized carbons (Fsp3) is 0.250. The second-order valence-electron chi connectivity index (χ2n) is 6.14. The molecular weight excluding hydrogens is 350 g/mol. The third-order valence-electron chi connectivity index (χ3n) is 4.07. The zero-order chi connectivity index (χ0) is 18.7. The van der Waals surface area contributed by atoms with Gasteiger partial charge in [-0.05, 0) is 32.0 Å². The maximum Gasteiger partial charge on any atom is 0.338 e. The Morgan fingerprint density at radius 3 is 2.54 bits per heavy atom. The maximum absolute atomic E-state index is 12.4. The minimum atomic E-state index is -0.895. The summed E-state index contributed by atoms with van der Waals surface area (Å²) < 4.78 is 5.32. The van der Waals surface area contributed by atoms with Crippen molar-refractivity contribution in [2.45, 2.75) is 31.3 Å². The SMILES string of the molecule is Cc1ccc(C(=O)[C@H](C)OC(=O)c2ccc3c(c2)NC(=O)CCS3)cc1.